The molecule has 1 heterocycles. The summed E-state index contributed by atoms with van der Waals surface area (Å²) in [6.45, 7) is 2.56. The predicted molar refractivity (Wildman–Crippen MR) is 85.0 cm³/mol. The Balaban J connectivity index is 1.68. The summed E-state index contributed by atoms with van der Waals surface area (Å²) in [5.74, 6) is 0.000195. The Labute approximate surface area is 131 Å². The number of nitrogens with zero attached hydrogens (tertiary/aromatic N) is 1. The van der Waals surface area contributed by atoms with E-state index in [1.165, 1.54) is 6.42 Å². The molecule has 0 spiro atoms. The second-order valence-corrected chi connectivity index (χ2v) is 5.61. The Morgan fingerprint density at radius 2 is 1.82 bits per heavy atom. The molecule has 0 unspecified atom stereocenters. The summed E-state index contributed by atoms with van der Waals surface area (Å²) in [6, 6.07) is 7.69. The minimum atomic E-state index is -0.473. The first-order valence-electron chi connectivity index (χ1n) is 7.85. The van der Waals surface area contributed by atoms with Gasteiger partial charge in [-0.25, -0.2) is 0 Å². The first kappa shape index (κ1) is 16.5. The highest BCUT2D eigenvalue weighted by molar-refractivity contribution is 6.36. The van der Waals surface area contributed by atoms with Gasteiger partial charge in [-0.2, -0.15) is 0 Å². The number of Topliss-reactive ketones (excluding diaryl/α,β-unsaturated/α-hetero) is 1. The van der Waals surface area contributed by atoms with Crippen LogP contribution in [0, 0.1) is 0 Å². The molecule has 2 rings (SSSR count). The molecule has 0 atom stereocenters. The molecule has 0 aromatic heterocycles. The van der Waals surface area contributed by atoms with Crippen LogP contribution in [-0.4, -0.2) is 49.9 Å². The molecule has 120 valence electrons. The van der Waals surface area contributed by atoms with E-state index in [1.54, 1.807) is 7.11 Å². The van der Waals surface area contributed by atoms with E-state index in [9.17, 15) is 9.59 Å². The van der Waals surface area contributed by atoms with Crippen molar-refractivity contribution in [1.82, 2.24) is 10.2 Å². The third kappa shape index (κ3) is 5.15. The van der Waals surface area contributed by atoms with Gasteiger partial charge in [-0.1, -0.05) is 18.6 Å². The number of benzene rings is 1. The maximum absolute atomic E-state index is 11.9. The van der Waals surface area contributed by atoms with Crippen molar-refractivity contribution in [2.24, 2.45) is 0 Å². The number of ketones is 1. The number of carbonyl (C=O) groups excluding carboxylic acids is 2. The van der Waals surface area contributed by atoms with Crippen molar-refractivity contribution in [1.29, 1.82) is 0 Å². The Kier molecular flexibility index (Phi) is 6.40. The summed E-state index contributed by atoms with van der Waals surface area (Å²) < 4.78 is 5.10. The van der Waals surface area contributed by atoms with Crippen LogP contribution >= 0.6 is 0 Å². The molecule has 0 aliphatic carbocycles. The normalized spacial score (nSPS) is 15.3. The van der Waals surface area contributed by atoms with Crippen molar-refractivity contribution < 1.29 is 14.3 Å². The predicted octanol–water partition coefficient (Wildman–Crippen LogP) is 1.41. The van der Waals surface area contributed by atoms with Crippen molar-refractivity contribution in [3.8, 4) is 5.75 Å². The monoisotopic (exact) mass is 304 g/mol. The van der Waals surface area contributed by atoms with Crippen LogP contribution in [0.5, 0.6) is 5.75 Å². The summed E-state index contributed by atoms with van der Waals surface area (Å²) in [5.41, 5.74) is 1.10. The summed E-state index contributed by atoms with van der Waals surface area (Å²) >= 11 is 0. The summed E-state index contributed by atoms with van der Waals surface area (Å²) in [4.78, 5) is 25.7. The molecule has 22 heavy (non-hydrogen) atoms. The maximum Gasteiger partial charge on any atom is 0.288 e. The second-order valence-electron chi connectivity index (χ2n) is 5.61. The van der Waals surface area contributed by atoms with Crippen LogP contribution in [0.4, 0.5) is 0 Å². The zero-order valence-corrected chi connectivity index (χ0v) is 13.1. The van der Waals surface area contributed by atoms with Gasteiger partial charge < -0.3 is 10.1 Å². The Morgan fingerprint density at radius 3 is 2.45 bits per heavy atom. The highest BCUT2D eigenvalue weighted by Crippen LogP contribution is 2.11. The van der Waals surface area contributed by atoms with E-state index in [4.69, 9.17) is 4.74 Å². The van der Waals surface area contributed by atoms with Gasteiger partial charge in [-0.15, -0.1) is 0 Å². The van der Waals surface area contributed by atoms with E-state index in [0.29, 0.717) is 13.0 Å². The lowest BCUT2D eigenvalue weighted by Gasteiger charge is -2.25. The van der Waals surface area contributed by atoms with Gasteiger partial charge in [0.1, 0.15) is 5.75 Å². The van der Waals surface area contributed by atoms with E-state index in [-0.39, 0.29) is 12.3 Å². The summed E-state index contributed by atoms with van der Waals surface area (Å²) in [6.07, 6.45) is 4.16. The van der Waals surface area contributed by atoms with Gasteiger partial charge in [0.25, 0.3) is 5.91 Å². The Morgan fingerprint density at radius 1 is 1.14 bits per heavy atom. The molecule has 0 radical (unpaired) electrons. The maximum atomic E-state index is 11.9. The van der Waals surface area contributed by atoms with Crippen LogP contribution in [-0.2, 0) is 16.0 Å². The number of amides is 1. The van der Waals surface area contributed by atoms with Crippen LogP contribution in [0.15, 0.2) is 24.3 Å². The number of methoxy groups -OCH3 is 1. The number of ether oxygens (including phenoxy) is 1. The molecule has 1 aromatic rings. The lowest BCUT2D eigenvalue weighted by atomic mass is 10.1. The standard InChI is InChI=1S/C17H24N2O3/c1-22-15-7-5-14(6-8-15)9-10-18-17(21)16(20)13-19-11-3-2-4-12-19/h5-8H,2-4,9-13H2,1H3,(H,18,21). The number of likely N-dealkylation sites (tertiary alicyclic amines) is 1. The zero-order chi connectivity index (χ0) is 15.8. The molecule has 0 saturated carbocycles. The number of piperidine rings is 1. The number of hydrogen-bond acceptors (Lipinski definition) is 4. The molecule has 1 aliphatic rings. The molecular formula is C17H24N2O3. The van der Waals surface area contributed by atoms with Gasteiger partial charge in [0.15, 0.2) is 0 Å². The lowest BCUT2D eigenvalue weighted by molar-refractivity contribution is -0.138. The SMILES string of the molecule is COc1ccc(CCNC(=O)C(=O)CN2CCCCC2)cc1. The smallest absolute Gasteiger partial charge is 0.288 e. The van der Waals surface area contributed by atoms with Gasteiger partial charge in [-0.3, -0.25) is 14.5 Å². The first-order chi connectivity index (χ1) is 10.7. The van der Waals surface area contributed by atoms with Crippen molar-refractivity contribution in [3.05, 3.63) is 29.8 Å². The van der Waals surface area contributed by atoms with Crippen LogP contribution in [0.3, 0.4) is 0 Å². The number of carbonyl (C=O) groups is 2. The van der Waals surface area contributed by atoms with Gasteiger partial charge in [0.05, 0.1) is 13.7 Å². The van der Waals surface area contributed by atoms with Crippen LogP contribution in [0.25, 0.3) is 0 Å². The topological polar surface area (TPSA) is 58.6 Å². The second kappa shape index (κ2) is 8.54. The molecule has 5 heteroatoms. The van der Waals surface area contributed by atoms with Crippen molar-refractivity contribution in [2.45, 2.75) is 25.7 Å². The summed E-state index contributed by atoms with van der Waals surface area (Å²) in [5, 5.41) is 2.70. The quantitative estimate of drug-likeness (QED) is 0.774. The van der Waals surface area contributed by atoms with Gasteiger partial charge >= 0.3 is 0 Å². The van der Waals surface area contributed by atoms with Gasteiger partial charge in [-0.05, 0) is 50.0 Å². The number of hydrogen-bond donors (Lipinski definition) is 1. The summed E-state index contributed by atoms with van der Waals surface area (Å²) in [7, 11) is 1.63. The molecule has 1 N–H and O–H groups in total. The Bertz CT molecular complexity index is 493. The van der Waals surface area contributed by atoms with Crippen LogP contribution < -0.4 is 10.1 Å². The molecule has 1 aliphatic heterocycles. The minimum absolute atomic E-state index is 0.244. The Hall–Kier alpha value is -1.88. The highest BCUT2D eigenvalue weighted by Gasteiger charge is 2.18. The van der Waals surface area contributed by atoms with E-state index in [2.05, 4.69) is 10.2 Å². The zero-order valence-electron chi connectivity index (χ0n) is 13.1. The average molecular weight is 304 g/mol. The average Bonchev–Trinajstić information content (AvgIpc) is 2.56. The van der Waals surface area contributed by atoms with Crippen molar-refractivity contribution >= 4 is 11.7 Å². The minimum Gasteiger partial charge on any atom is -0.497 e. The molecule has 0 bridgehead atoms. The van der Waals surface area contributed by atoms with Crippen molar-refractivity contribution in [3.63, 3.8) is 0 Å². The van der Waals surface area contributed by atoms with Crippen LogP contribution in [0.2, 0.25) is 0 Å². The fraction of sp³-hybridized carbons (Fsp3) is 0.529. The third-order valence-corrected chi connectivity index (χ3v) is 3.93. The van der Waals surface area contributed by atoms with E-state index in [1.807, 2.05) is 24.3 Å². The van der Waals surface area contributed by atoms with E-state index >= 15 is 0 Å². The molecule has 1 fully saturated rings. The molecule has 1 aromatic carbocycles. The first-order valence-corrected chi connectivity index (χ1v) is 7.85. The van der Waals surface area contributed by atoms with Crippen molar-refractivity contribution in [2.75, 3.05) is 33.3 Å². The number of rotatable bonds is 7. The molecule has 1 amide bonds. The van der Waals surface area contributed by atoms with Gasteiger partial charge in [0.2, 0.25) is 5.78 Å². The number of nitrogens with one attached hydrogen (secondary N) is 1. The highest BCUT2D eigenvalue weighted by atomic mass is 16.5. The molecule has 1 saturated heterocycles. The lowest BCUT2D eigenvalue weighted by Crippen LogP contribution is -2.41. The molecule has 5 nitrogen and oxygen atoms in total. The van der Waals surface area contributed by atoms with Crippen LogP contribution in [0.1, 0.15) is 24.8 Å². The van der Waals surface area contributed by atoms with Gasteiger partial charge in [0, 0.05) is 6.54 Å². The third-order valence-electron chi connectivity index (χ3n) is 3.93. The van der Waals surface area contributed by atoms with E-state index in [0.717, 1.165) is 37.2 Å². The molecular weight excluding hydrogens is 280 g/mol. The van der Waals surface area contributed by atoms with E-state index < -0.39 is 5.91 Å². The fourth-order valence-electron chi connectivity index (χ4n) is 2.60. The largest absolute Gasteiger partial charge is 0.497 e. The fourth-order valence-corrected chi connectivity index (χ4v) is 2.60.